The molecule has 0 aromatic heterocycles. The Morgan fingerprint density at radius 2 is 1.61 bits per heavy atom. The van der Waals surface area contributed by atoms with Crippen LogP contribution in [0.15, 0.2) is 71.2 Å². The molecule has 0 saturated heterocycles. The first-order valence-electron chi connectivity index (χ1n) is 8.70. The molecule has 0 spiro atoms. The van der Waals surface area contributed by atoms with Gasteiger partial charge in [-0.15, -0.1) is 11.6 Å². The van der Waals surface area contributed by atoms with Crippen molar-refractivity contribution in [1.29, 1.82) is 0 Å². The molecule has 1 amide bonds. The average Bonchev–Trinajstić information content (AvgIpc) is 2.70. The lowest BCUT2D eigenvalue weighted by Gasteiger charge is -2.09. The van der Waals surface area contributed by atoms with Crippen LogP contribution in [-0.2, 0) is 12.3 Å². The quantitative estimate of drug-likeness (QED) is 0.394. The number of alkyl halides is 1. The highest BCUT2D eigenvalue weighted by Crippen LogP contribution is 2.24. The maximum absolute atomic E-state index is 12.0. The van der Waals surface area contributed by atoms with Gasteiger partial charge in [-0.2, -0.15) is 0 Å². The van der Waals surface area contributed by atoms with Crippen LogP contribution in [0.4, 0.5) is 4.79 Å². The van der Waals surface area contributed by atoms with E-state index in [2.05, 4.69) is 21.2 Å². The van der Waals surface area contributed by atoms with Gasteiger partial charge in [0.25, 0.3) is 0 Å². The number of nitrogens with one attached hydrogen (secondary N) is 1. The second-order valence-electron chi connectivity index (χ2n) is 6.16. The molecule has 0 saturated carbocycles. The molecular formula is C22H18BrCl2NO2. The highest BCUT2D eigenvalue weighted by atomic mass is 79.9. The molecule has 0 bridgehead atoms. The van der Waals surface area contributed by atoms with Gasteiger partial charge in [0.1, 0.15) is 5.75 Å². The molecule has 0 fully saturated rings. The van der Waals surface area contributed by atoms with Crippen molar-refractivity contribution < 1.29 is 9.53 Å². The standard InChI is InChI=1S/C22H18BrCl2NO2/c23-21-13-15(14-24)1-2-18(21)11-12-26-22(27)28-20-9-5-17(6-10-20)16-3-7-19(25)8-4-16/h1-10,13H,11-12,14H2,(H,26,27). The van der Waals surface area contributed by atoms with E-state index < -0.39 is 6.09 Å². The molecule has 28 heavy (non-hydrogen) atoms. The number of benzene rings is 3. The van der Waals surface area contributed by atoms with E-state index >= 15 is 0 Å². The number of carbonyl (C=O) groups excluding carboxylic acids is 1. The van der Waals surface area contributed by atoms with Gasteiger partial charge in [0, 0.05) is 21.9 Å². The Balaban J connectivity index is 1.50. The molecule has 0 radical (unpaired) electrons. The number of ether oxygens (including phenoxy) is 1. The number of amides is 1. The van der Waals surface area contributed by atoms with Gasteiger partial charge in [0.05, 0.1) is 0 Å². The SMILES string of the molecule is O=C(NCCc1ccc(CCl)cc1Br)Oc1ccc(-c2ccc(Cl)cc2)cc1. The highest BCUT2D eigenvalue weighted by molar-refractivity contribution is 9.10. The first kappa shape index (κ1) is 20.7. The molecule has 0 heterocycles. The maximum Gasteiger partial charge on any atom is 0.412 e. The topological polar surface area (TPSA) is 38.3 Å². The van der Waals surface area contributed by atoms with E-state index in [-0.39, 0.29) is 0 Å². The summed E-state index contributed by atoms with van der Waals surface area (Å²) in [5.41, 5.74) is 4.22. The largest absolute Gasteiger partial charge is 0.412 e. The summed E-state index contributed by atoms with van der Waals surface area (Å²) in [6.07, 6.45) is 0.209. The van der Waals surface area contributed by atoms with E-state index in [1.807, 2.05) is 54.6 Å². The summed E-state index contributed by atoms with van der Waals surface area (Å²) in [7, 11) is 0. The lowest BCUT2D eigenvalue weighted by Crippen LogP contribution is -2.28. The van der Waals surface area contributed by atoms with Crippen LogP contribution >= 0.6 is 39.1 Å². The smallest absolute Gasteiger partial charge is 0.410 e. The third-order valence-electron chi connectivity index (χ3n) is 4.18. The number of halogens is 3. The second-order valence-corrected chi connectivity index (χ2v) is 7.71. The summed E-state index contributed by atoms with van der Waals surface area (Å²) < 4.78 is 6.31. The van der Waals surface area contributed by atoms with Gasteiger partial charge in [0.15, 0.2) is 0 Å². The van der Waals surface area contributed by atoms with Crippen molar-refractivity contribution >= 4 is 45.2 Å². The Hall–Kier alpha value is -2.01. The fourth-order valence-electron chi connectivity index (χ4n) is 2.68. The van der Waals surface area contributed by atoms with E-state index in [1.165, 1.54) is 0 Å². The zero-order valence-corrected chi connectivity index (χ0v) is 18.0. The van der Waals surface area contributed by atoms with Gasteiger partial charge in [-0.3, -0.25) is 0 Å². The molecule has 6 heteroatoms. The second kappa shape index (κ2) is 9.97. The van der Waals surface area contributed by atoms with Crippen LogP contribution in [0.5, 0.6) is 5.75 Å². The molecule has 0 aliphatic heterocycles. The lowest BCUT2D eigenvalue weighted by atomic mass is 10.1. The molecule has 3 aromatic carbocycles. The summed E-state index contributed by atoms with van der Waals surface area (Å²) in [6, 6.07) is 20.9. The third-order valence-corrected chi connectivity index (χ3v) is 5.48. The molecule has 0 unspecified atom stereocenters. The molecular weight excluding hydrogens is 461 g/mol. The number of rotatable bonds is 6. The summed E-state index contributed by atoms with van der Waals surface area (Å²) >= 11 is 15.3. The zero-order chi connectivity index (χ0) is 19.9. The summed E-state index contributed by atoms with van der Waals surface area (Å²) in [5, 5.41) is 3.46. The summed E-state index contributed by atoms with van der Waals surface area (Å²) in [6.45, 7) is 0.473. The molecule has 1 N–H and O–H groups in total. The zero-order valence-electron chi connectivity index (χ0n) is 14.9. The number of hydrogen-bond donors (Lipinski definition) is 1. The molecule has 0 aliphatic carbocycles. The maximum atomic E-state index is 12.0. The van der Waals surface area contributed by atoms with Crippen LogP contribution in [0.25, 0.3) is 11.1 Å². The predicted molar refractivity (Wildman–Crippen MR) is 118 cm³/mol. The predicted octanol–water partition coefficient (Wildman–Crippen LogP) is 6.84. The first-order valence-corrected chi connectivity index (χ1v) is 10.4. The number of hydrogen-bond acceptors (Lipinski definition) is 2. The molecule has 3 nitrogen and oxygen atoms in total. The van der Waals surface area contributed by atoms with E-state index in [9.17, 15) is 4.79 Å². The minimum atomic E-state index is -0.479. The fraction of sp³-hybridized carbons (Fsp3) is 0.136. The van der Waals surface area contributed by atoms with Crippen molar-refractivity contribution in [1.82, 2.24) is 5.32 Å². The Morgan fingerprint density at radius 1 is 0.964 bits per heavy atom. The van der Waals surface area contributed by atoms with Gasteiger partial charge in [0.2, 0.25) is 0 Å². The van der Waals surface area contributed by atoms with E-state index in [0.717, 1.165) is 26.7 Å². The fourth-order valence-corrected chi connectivity index (χ4v) is 3.59. The monoisotopic (exact) mass is 477 g/mol. The first-order chi connectivity index (χ1) is 13.5. The van der Waals surface area contributed by atoms with Crippen LogP contribution in [-0.4, -0.2) is 12.6 Å². The Morgan fingerprint density at radius 3 is 2.21 bits per heavy atom. The minimum Gasteiger partial charge on any atom is -0.410 e. The lowest BCUT2D eigenvalue weighted by molar-refractivity contribution is 0.200. The van der Waals surface area contributed by atoms with Crippen LogP contribution in [0.3, 0.4) is 0 Å². The van der Waals surface area contributed by atoms with E-state index in [1.54, 1.807) is 12.1 Å². The van der Waals surface area contributed by atoms with Gasteiger partial charge >= 0.3 is 6.09 Å². The van der Waals surface area contributed by atoms with Crippen LogP contribution in [0.2, 0.25) is 5.02 Å². The van der Waals surface area contributed by atoms with Gasteiger partial charge in [-0.05, 0) is 59.0 Å². The van der Waals surface area contributed by atoms with Crippen molar-refractivity contribution in [2.75, 3.05) is 6.54 Å². The van der Waals surface area contributed by atoms with Crippen LogP contribution in [0.1, 0.15) is 11.1 Å². The Bertz CT molecular complexity index is 944. The van der Waals surface area contributed by atoms with E-state index in [4.69, 9.17) is 27.9 Å². The molecule has 3 aromatic rings. The minimum absolute atomic E-state index is 0.472. The highest BCUT2D eigenvalue weighted by Gasteiger charge is 2.06. The van der Waals surface area contributed by atoms with Crippen molar-refractivity contribution in [3.05, 3.63) is 87.4 Å². The average molecular weight is 479 g/mol. The Kier molecular flexibility index (Phi) is 7.37. The van der Waals surface area contributed by atoms with Crippen molar-refractivity contribution in [2.45, 2.75) is 12.3 Å². The van der Waals surface area contributed by atoms with Crippen LogP contribution in [0, 0.1) is 0 Å². The van der Waals surface area contributed by atoms with Crippen LogP contribution < -0.4 is 10.1 Å². The molecule has 0 aliphatic rings. The molecule has 0 atom stereocenters. The van der Waals surface area contributed by atoms with Crippen molar-refractivity contribution in [2.24, 2.45) is 0 Å². The van der Waals surface area contributed by atoms with Crippen molar-refractivity contribution in [3.8, 4) is 16.9 Å². The number of carbonyl (C=O) groups is 1. The summed E-state index contributed by atoms with van der Waals surface area (Å²) in [5.74, 6) is 0.961. The third kappa shape index (κ3) is 5.74. The molecule has 144 valence electrons. The van der Waals surface area contributed by atoms with Crippen molar-refractivity contribution in [3.63, 3.8) is 0 Å². The van der Waals surface area contributed by atoms with Gasteiger partial charge in [-0.25, -0.2) is 4.79 Å². The Labute approximate surface area is 182 Å². The normalized spacial score (nSPS) is 10.5. The van der Waals surface area contributed by atoms with Gasteiger partial charge in [-0.1, -0.05) is 63.9 Å². The molecule has 3 rings (SSSR count). The van der Waals surface area contributed by atoms with Gasteiger partial charge < -0.3 is 10.1 Å². The summed E-state index contributed by atoms with van der Waals surface area (Å²) in [4.78, 5) is 12.0. The van der Waals surface area contributed by atoms with E-state index in [0.29, 0.717) is 29.6 Å².